The predicted octanol–water partition coefficient (Wildman–Crippen LogP) is 1.04. The number of benzene rings is 1. The van der Waals surface area contributed by atoms with E-state index in [9.17, 15) is 4.79 Å². The molecule has 1 aromatic rings. The highest BCUT2D eigenvalue weighted by Gasteiger charge is 2.32. The van der Waals surface area contributed by atoms with E-state index in [1.807, 2.05) is 35.2 Å². The molecule has 0 radical (unpaired) electrons. The van der Waals surface area contributed by atoms with Gasteiger partial charge in [-0.15, -0.1) is 0 Å². The number of hydrogen-bond donors (Lipinski definition) is 2. The summed E-state index contributed by atoms with van der Waals surface area (Å²) >= 11 is 0. The van der Waals surface area contributed by atoms with Gasteiger partial charge < -0.3 is 16.0 Å². The SMILES string of the molecule is NC(C(=O)N1CCC2CCC(C1)N2)c1ccccc1. The Bertz CT molecular complexity index is 448. The molecule has 0 aromatic heterocycles. The van der Waals surface area contributed by atoms with Crippen LogP contribution < -0.4 is 11.1 Å². The van der Waals surface area contributed by atoms with Crippen LogP contribution in [0.4, 0.5) is 0 Å². The topological polar surface area (TPSA) is 58.4 Å². The molecule has 1 aromatic carbocycles. The highest BCUT2D eigenvalue weighted by molar-refractivity contribution is 5.83. The fraction of sp³-hybridized carbons (Fsp3) is 0.533. The lowest BCUT2D eigenvalue weighted by atomic mass is 10.0. The molecule has 4 nitrogen and oxygen atoms in total. The van der Waals surface area contributed by atoms with Crippen LogP contribution in [-0.2, 0) is 4.79 Å². The molecular formula is C15H21N3O. The summed E-state index contributed by atoms with van der Waals surface area (Å²) in [5.41, 5.74) is 7.00. The monoisotopic (exact) mass is 259 g/mol. The minimum Gasteiger partial charge on any atom is -0.339 e. The molecule has 2 aliphatic rings. The maximum Gasteiger partial charge on any atom is 0.244 e. The zero-order valence-corrected chi connectivity index (χ0v) is 11.1. The first-order chi connectivity index (χ1) is 9.24. The van der Waals surface area contributed by atoms with Crippen LogP contribution in [0.2, 0.25) is 0 Å². The Balaban J connectivity index is 1.70. The van der Waals surface area contributed by atoms with Crippen molar-refractivity contribution >= 4 is 5.91 Å². The van der Waals surface area contributed by atoms with E-state index in [0.29, 0.717) is 12.1 Å². The third-order valence-corrected chi connectivity index (χ3v) is 4.26. The molecule has 102 valence electrons. The van der Waals surface area contributed by atoms with Crippen LogP contribution in [0.1, 0.15) is 30.9 Å². The van der Waals surface area contributed by atoms with E-state index in [0.717, 1.165) is 25.1 Å². The molecule has 3 N–H and O–H groups in total. The number of likely N-dealkylation sites (tertiary alicyclic amines) is 1. The molecule has 3 atom stereocenters. The van der Waals surface area contributed by atoms with E-state index < -0.39 is 6.04 Å². The van der Waals surface area contributed by atoms with Crippen molar-refractivity contribution in [3.63, 3.8) is 0 Å². The summed E-state index contributed by atoms with van der Waals surface area (Å²) in [5, 5.41) is 3.58. The molecule has 2 fully saturated rings. The molecule has 2 saturated heterocycles. The number of carbonyl (C=O) groups excluding carboxylic acids is 1. The van der Waals surface area contributed by atoms with Crippen LogP contribution in [0.25, 0.3) is 0 Å². The van der Waals surface area contributed by atoms with Gasteiger partial charge in [0.05, 0.1) is 0 Å². The van der Waals surface area contributed by atoms with Crippen molar-refractivity contribution in [3.05, 3.63) is 35.9 Å². The molecular weight excluding hydrogens is 238 g/mol. The average molecular weight is 259 g/mol. The van der Waals surface area contributed by atoms with E-state index in [1.54, 1.807) is 0 Å². The highest BCUT2D eigenvalue weighted by Crippen LogP contribution is 2.22. The lowest BCUT2D eigenvalue weighted by molar-refractivity contribution is -0.133. The first-order valence-electron chi connectivity index (χ1n) is 7.09. The van der Waals surface area contributed by atoms with Gasteiger partial charge >= 0.3 is 0 Å². The lowest BCUT2D eigenvalue weighted by Crippen LogP contribution is -2.43. The molecule has 0 saturated carbocycles. The van der Waals surface area contributed by atoms with Crippen LogP contribution in [-0.4, -0.2) is 36.0 Å². The van der Waals surface area contributed by atoms with Crippen molar-refractivity contribution in [2.45, 2.75) is 37.4 Å². The Kier molecular flexibility index (Phi) is 3.53. The molecule has 2 bridgehead atoms. The number of amides is 1. The molecule has 3 rings (SSSR count). The van der Waals surface area contributed by atoms with Crippen molar-refractivity contribution in [1.82, 2.24) is 10.2 Å². The second kappa shape index (κ2) is 5.31. The lowest BCUT2D eigenvalue weighted by Gasteiger charge is -2.27. The van der Waals surface area contributed by atoms with Crippen LogP contribution in [0.15, 0.2) is 30.3 Å². The maximum atomic E-state index is 12.5. The Morgan fingerprint density at radius 1 is 1.21 bits per heavy atom. The van der Waals surface area contributed by atoms with E-state index in [2.05, 4.69) is 5.32 Å². The largest absolute Gasteiger partial charge is 0.339 e. The van der Waals surface area contributed by atoms with E-state index in [-0.39, 0.29) is 5.91 Å². The number of nitrogens with two attached hydrogens (primary N) is 1. The Hall–Kier alpha value is -1.39. The molecule has 1 amide bonds. The quantitative estimate of drug-likeness (QED) is 0.834. The molecule has 0 spiro atoms. The molecule has 4 heteroatoms. The molecule has 2 heterocycles. The van der Waals surface area contributed by atoms with Gasteiger partial charge in [-0.1, -0.05) is 30.3 Å². The Morgan fingerprint density at radius 2 is 1.95 bits per heavy atom. The first-order valence-corrected chi connectivity index (χ1v) is 7.09. The average Bonchev–Trinajstić information content (AvgIpc) is 2.78. The van der Waals surface area contributed by atoms with Crippen LogP contribution in [0.5, 0.6) is 0 Å². The van der Waals surface area contributed by atoms with Crippen molar-refractivity contribution < 1.29 is 4.79 Å². The minimum atomic E-state index is -0.530. The first kappa shape index (κ1) is 12.6. The number of carbonyl (C=O) groups is 1. The van der Waals surface area contributed by atoms with Gasteiger partial charge in [-0.3, -0.25) is 4.79 Å². The second-order valence-electron chi connectivity index (χ2n) is 5.60. The van der Waals surface area contributed by atoms with E-state index >= 15 is 0 Å². The van der Waals surface area contributed by atoms with Crippen molar-refractivity contribution in [1.29, 1.82) is 0 Å². The summed E-state index contributed by atoms with van der Waals surface area (Å²) in [6.07, 6.45) is 3.47. The summed E-state index contributed by atoms with van der Waals surface area (Å²) in [4.78, 5) is 14.4. The Morgan fingerprint density at radius 3 is 2.74 bits per heavy atom. The fourth-order valence-electron chi connectivity index (χ4n) is 3.14. The van der Waals surface area contributed by atoms with Gasteiger partial charge in [0.1, 0.15) is 6.04 Å². The maximum absolute atomic E-state index is 12.5. The van der Waals surface area contributed by atoms with Gasteiger partial charge in [-0.25, -0.2) is 0 Å². The van der Waals surface area contributed by atoms with Crippen LogP contribution >= 0.6 is 0 Å². The summed E-state index contributed by atoms with van der Waals surface area (Å²) in [5.74, 6) is 0.0561. The number of nitrogens with one attached hydrogen (secondary N) is 1. The number of rotatable bonds is 2. The van der Waals surface area contributed by atoms with Gasteiger partial charge in [0.15, 0.2) is 0 Å². The van der Waals surface area contributed by atoms with Crippen LogP contribution in [0, 0.1) is 0 Å². The van der Waals surface area contributed by atoms with Gasteiger partial charge in [0.25, 0.3) is 0 Å². The molecule has 2 aliphatic heterocycles. The summed E-state index contributed by atoms with van der Waals surface area (Å²) < 4.78 is 0. The third kappa shape index (κ3) is 2.65. The van der Waals surface area contributed by atoms with Gasteiger partial charge in [-0.2, -0.15) is 0 Å². The fourth-order valence-corrected chi connectivity index (χ4v) is 3.14. The van der Waals surface area contributed by atoms with E-state index in [4.69, 9.17) is 5.73 Å². The minimum absolute atomic E-state index is 0.0561. The zero-order valence-electron chi connectivity index (χ0n) is 11.1. The number of fused-ring (bicyclic) bond motifs is 2. The molecule has 0 aliphatic carbocycles. The Labute approximate surface area is 114 Å². The molecule has 19 heavy (non-hydrogen) atoms. The standard InChI is InChI=1S/C15H21N3O/c16-14(11-4-2-1-3-5-11)15(19)18-9-8-12-6-7-13(10-18)17-12/h1-5,12-14,17H,6-10,16H2. The van der Waals surface area contributed by atoms with E-state index in [1.165, 1.54) is 12.8 Å². The van der Waals surface area contributed by atoms with Crippen LogP contribution in [0.3, 0.4) is 0 Å². The number of hydrogen-bond acceptors (Lipinski definition) is 3. The van der Waals surface area contributed by atoms with Crippen molar-refractivity contribution in [3.8, 4) is 0 Å². The van der Waals surface area contributed by atoms with Gasteiger partial charge in [0, 0.05) is 25.2 Å². The summed E-state index contributed by atoms with van der Waals surface area (Å²) in [6.45, 7) is 1.63. The highest BCUT2D eigenvalue weighted by atomic mass is 16.2. The molecule has 3 unspecified atom stereocenters. The second-order valence-corrected chi connectivity index (χ2v) is 5.60. The third-order valence-electron chi connectivity index (χ3n) is 4.26. The summed E-state index contributed by atoms with van der Waals surface area (Å²) in [6, 6.07) is 10.2. The number of nitrogens with zero attached hydrogens (tertiary/aromatic N) is 1. The van der Waals surface area contributed by atoms with Gasteiger partial charge in [-0.05, 0) is 24.8 Å². The smallest absolute Gasteiger partial charge is 0.244 e. The van der Waals surface area contributed by atoms with Crippen molar-refractivity contribution in [2.24, 2.45) is 5.73 Å². The van der Waals surface area contributed by atoms with Crippen molar-refractivity contribution in [2.75, 3.05) is 13.1 Å². The normalized spacial score (nSPS) is 27.9. The summed E-state index contributed by atoms with van der Waals surface area (Å²) in [7, 11) is 0. The van der Waals surface area contributed by atoms with Gasteiger partial charge in [0.2, 0.25) is 5.91 Å². The zero-order chi connectivity index (χ0) is 13.2. The predicted molar refractivity (Wildman–Crippen MR) is 74.5 cm³/mol.